The van der Waals surface area contributed by atoms with Crippen LogP contribution < -0.4 is 23.8 Å². The van der Waals surface area contributed by atoms with Gasteiger partial charge in [0.25, 0.3) is 0 Å². The van der Waals surface area contributed by atoms with Crippen LogP contribution in [0.3, 0.4) is 0 Å². The predicted octanol–water partition coefficient (Wildman–Crippen LogP) is 8.66. The van der Waals surface area contributed by atoms with E-state index >= 15 is 0 Å². The van der Waals surface area contributed by atoms with Gasteiger partial charge in [0.15, 0.2) is 23.0 Å². The summed E-state index contributed by atoms with van der Waals surface area (Å²) in [6.07, 6.45) is 0.0435. The lowest BCUT2D eigenvalue weighted by atomic mass is 9.85. The lowest BCUT2D eigenvalue weighted by molar-refractivity contribution is 0.0192. The molecule has 2 fully saturated rings. The molecule has 4 aromatic rings. The summed E-state index contributed by atoms with van der Waals surface area (Å²) in [5.41, 5.74) is 4.92. The Labute approximate surface area is 299 Å². The second-order valence-electron chi connectivity index (χ2n) is 12.8. The minimum Gasteiger partial charge on any atom is -0.454 e. The monoisotopic (exact) mass is 702 g/mol. The molecule has 0 N–H and O–H groups in total. The Morgan fingerprint density at radius 1 is 0.673 bits per heavy atom. The highest BCUT2D eigenvalue weighted by Gasteiger charge is 2.48. The molecule has 258 valence electrons. The summed E-state index contributed by atoms with van der Waals surface area (Å²) in [6.45, 7) is 12.0. The third-order valence-electron chi connectivity index (χ3n) is 10.1. The molecule has 5 atom stereocenters. The molecule has 0 radical (unpaired) electrons. The van der Waals surface area contributed by atoms with E-state index < -0.39 is 0 Å². The van der Waals surface area contributed by atoms with Crippen LogP contribution in [-0.4, -0.2) is 57.4 Å². The normalized spacial score (nSPS) is 22.8. The molecule has 4 aromatic carbocycles. The fourth-order valence-electron chi connectivity index (χ4n) is 7.62. The second kappa shape index (κ2) is 14.7. The number of fused-ring (bicyclic) bond motifs is 5. The standard InChI is InChI=1S/C20H18O6.C19H24N2S.ClH/c1-3-15-17(25-9-23-15)5-11(1)19-13-7-22-20(14(13)8-21-19)12-2-4-16-18(6-12)26-10-24-16;1-4-20(5-2)15(3)14-21-16-10-6-8-12-18(16)22-19-13-9-7-11-17(19)21;/h1-6,13-14,19-20H,7-10H2;6-13,15H,4-5,14H2,1-3H3;1H. The second-order valence-corrected chi connectivity index (χ2v) is 13.9. The molecule has 0 aromatic heterocycles. The van der Waals surface area contributed by atoms with Gasteiger partial charge < -0.3 is 33.3 Å². The van der Waals surface area contributed by atoms with Crippen LogP contribution in [0.4, 0.5) is 11.4 Å². The third kappa shape index (κ3) is 6.55. The Morgan fingerprint density at radius 3 is 1.63 bits per heavy atom. The largest absolute Gasteiger partial charge is 0.454 e. The number of para-hydroxylation sites is 2. The molecule has 0 amide bonds. The number of nitrogens with zero attached hydrogens (tertiary/aromatic N) is 2. The van der Waals surface area contributed by atoms with Gasteiger partial charge in [-0.15, -0.1) is 12.4 Å². The van der Waals surface area contributed by atoms with E-state index in [1.165, 1.54) is 21.2 Å². The molecular weight excluding hydrogens is 660 g/mol. The Hall–Kier alpha value is -3.60. The van der Waals surface area contributed by atoms with E-state index in [1.54, 1.807) is 0 Å². The lowest BCUT2D eigenvalue weighted by Gasteiger charge is -2.37. The van der Waals surface area contributed by atoms with Crippen molar-refractivity contribution in [1.82, 2.24) is 4.90 Å². The van der Waals surface area contributed by atoms with E-state index in [-0.39, 0.29) is 38.2 Å². The maximum absolute atomic E-state index is 6.18. The van der Waals surface area contributed by atoms with E-state index in [0.717, 1.165) is 53.8 Å². The van der Waals surface area contributed by atoms with Crippen molar-refractivity contribution in [3.05, 3.63) is 96.1 Å². The number of rotatable bonds is 7. The fraction of sp³-hybridized carbons (Fsp3) is 0.385. The molecule has 5 unspecified atom stereocenters. The van der Waals surface area contributed by atoms with Crippen LogP contribution >= 0.6 is 24.2 Å². The molecular formula is C39H43ClN2O6S. The number of ether oxygens (including phenoxy) is 6. The Balaban J connectivity index is 0.000000154. The molecule has 49 heavy (non-hydrogen) atoms. The number of halogens is 1. The maximum atomic E-state index is 6.18. The topological polar surface area (TPSA) is 61.9 Å². The fourth-order valence-corrected chi connectivity index (χ4v) is 8.72. The molecule has 5 heterocycles. The molecule has 0 bridgehead atoms. The molecule has 2 saturated heterocycles. The van der Waals surface area contributed by atoms with Crippen molar-refractivity contribution in [1.29, 1.82) is 0 Å². The van der Waals surface area contributed by atoms with Gasteiger partial charge in [0.05, 0.1) is 36.8 Å². The number of likely N-dealkylation sites (N-methyl/N-ethyl adjacent to an activating group) is 1. The van der Waals surface area contributed by atoms with Gasteiger partial charge in [0, 0.05) is 34.2 Å². The minimum absolute atomic E-state index is 0. The van der Waals surface area contributed by atoms with Crippen molar-refractivity contribution in [3.63, 3.8) is 0 Å². The third-order valence-corrected chi connectivity index (χ3v) is 11.3. The summed E-state index contributed by atoms with van der Waals surface area (Å²) < 4.78 is 34.2. The van der Waals surface area contributed by atoms with Crippen molar-refractivity contribution in [3.8, 4) is 23.0 Å². The zero-order chi connectivity index (χ0) is 32.6. The van der Waals surface area contributed by atoms with Gasteiger partial charge in [-0.2, -0.15) is 0 Å². The minimum atomic E-state index is 0. The number of hydrogen-bond donors (Lipinski definition) is 0. The molecule has 0 aliphatic carbocycles. The van der Waals surface area contributed by atoms with E-state index in [4.69, 9.17) is 28.4 Å². The van der Waals surface area contributed by atoms with Crippen LogP contribution in [0, 0.1) is 11.8 Å². The molecule has 8 nitrogen and oxygen atoms in total. The van der Waals surface area contributed by atoms with Gasteiger partial charge in [-0.25, -0.2) is 0 Å². The SMILES string of the molecule is CCN(CC)C(C)CN1c2ccccc2Sc2ccccc21.Cl.c1cc2c(cc1C1OCC3C(c4ccc5c(c4)OCO5)OCC13)OCO2. The van der Waals surface area contributed by atoms with Crippen LogP contribution in [0.5, 0.6) is 23.0 Å². The summed E-state index contributed by atoms with van der Waals surface area (Å²) >= 11 is 1.88. The van der Waals surface area contributed by atoms with Crippen LogP contribution in [0.2, 0.25) is 0 Å². The van der Waals surface area contributed by atoms with Gasteiger partial charge in [0.2, 0.25) is 13.6 Å². The van der Waals surface area contributed by atoms with Gasteiger partial charge in [-0.05, 0) is 79.7 Å². The summed E-state index contributed by atoms with van der Waals surface area (Å²) in [7, 11) is 0. The molecule has 10 heteroatoms. The summed E-state index contributed by atoms with van der Waals surface area (Å²) in [5, 5.41) is 0. The number of hydrogen-bond acceptors (Lipinski definition) is 9. The summed E-state index contributed by atoms with van der Waals surface area (Å²) in [6, 6.07) is 30.1. The quantitative estimate of drug-likeness (QED) is 0.188. The van der Waals surface area contributed by atoms with E-state index in [0.29, 0.717) is 31.1 Å². The van der Waals surface area contributed by atoms with Crippen molar-refractivity contribution in [2.45, 2.75) is 48.8 Å². The average molecular weight is 703 g/mol. The Morgan fingerprint density at radius 2 is 1.14 bits per heavy atom. The first-order valence-electron chi connectivity index (χ1n) is 17.0. The van der Waals surface area contributed by atoms with E-state index in [9.17, 15) is 0 Å². The molecule has 9 rings (SSSR count). The van der Waals surface area contributed by atoms with Crippen molar-refractivity contribution in [2.24, 2.45) is 11.8 Å². The van der Waals surface area contributed by atoms with E-state index in [2.05, 4.69) is 91.2 Å². The highest BCUT2D eigenvalue weighted by atomic mass is 35.5. The first-order valence-corrected chi connectivity index (χ1v) is 17.8. The predicted molar refractivity (Wildman–Crippen MR) is 193 cm³/mol. The van der Waals surface area contributed by atoms with Crippen LogP contribution in [-0.2, 0) is 9.47 Å². The van der Waals surface area contributed by atoms with Crippen LogP contribution in [0.1, 0.15) is 44.1 Å². The zero-order valence-electron chi connectivity index (χ0n) is 28.1. The Kier molecular flexibility index (Phi) is 10.2. The summed E-state index contributed by atoms with van der Waals surface area (Å²) in [4.78, 5) is 7.72. The molecule has 0 spiro atoms. The van der Waals surface area contributed by atoms with Crippen molar-refractivity contribution in [2.75, 3.05) is 51.3 Å². The summed E-state index contributed by atoms with van der Waals surface area (Å²) in [5.74, 6) is 3.83. The highest BCUT2D eigenvalue weighted by Crippen LogP contribution is 2.52. The van der Waals surface area contributed by atoms with Gasteiger partial charge in [-0.1, -0.05) is 62.0 Å². The van der Waals surface area contributed by atoms with Gasteiger partial charge in [-0.3, -0.25) is 4.90 Å². The smallest absolute Gasteiger partial charge is 0.231 e. The van der Waals surface area contributed by atoms with Gasteiger partial charge in [0.1, 0.15) is 0 Å². The Bertz CT molecular complexity index is 1650. The maximum Gasteiger partial charge on any atom is 0.231 e. The lowest BCUT2D eigenvalue weighted by Crippen LogP contribution is -2.41. The van der Waals surface area contributed by atoms with Crippen LogP contribution in [0.25, 0.3) is 0 Å². The number of benzene rings is 4. The van der Waals surface area contributed by atoms with Crippen molar-refractivity contribution >= 4 is 35.5 Å². The average Bonchev–Trinajstić information content (AvgIpc) is 3.93. The molecule has 5 aliphatic rings. The highest BCUT2D eigenvalue weighted by molar-refractivity contribution is 7.99. The molecule has 5 aliphatic heterocycles. The van der Waals surface area contributed by atoms with Crippen LogP contribution in [0.15, 0.2) is 94.7 Å². The number of anilines is 2. The zero-order valence-corrected chi connectivity index (χ0v) is 29.7. The van der Waals surface area contributed by atoms with E-state index in [1.807, 2.05) is 36.0 Å². The first kappa shape index (κ1) is 33.9. The first-order chi connectivity index (χ1) is 23.6. The molecule has 0 saturated carbocycles. The van der Waals surface area contributed by atoms with Gasteiger partial charge >= 0.3 is 0 Å². The van der Waals surface area contributed by atoms with Crippen molar-refractivity contribution < 1.29 is 28.4 Å².